The Kier molecular flexibility index (Phi) is 5.44. The number of carbonyl (C=O) groups excluding carboxylic acids is 1. The Morgan fingerprint density at radius 3 is 2.77 bits per heavy atom. The molecule has 0 aliphatic rings. The minimum absolute atomic E-state index is 0.128. The summed E-state index contributed by atoms with van der Waals surface area (Å²) >= 11 is 1.31. The van der Waals surface area contributed by atoms with Gasteiger partial charge in [0.15, 0.2) is 11.0 Å². The van der Waals surface area contributed by atoms with Gasteiger partial charge in [-0.1, -0.05) is 17.7 Å². The second kappa shape index (κ2) is 7.52. The third kappa shape index (κ3) is 3.80. The Hall–Kier alpha value is -2.46. The van der Waals surface area contributed by atoms with Crippen LogP contribution in [-0.4, -0.2) is 40.1 Å². The first-order chi connectivity index (χ1) is 10.7. The molecule has 0 spiro atoms. The molecule has 0 fully saturated rings. The van der Waals surface area contributed by atoms with Crippen LogP contribution in [-0.2, 0) is 11.8 Å². The highest BCUT2D eigenvalue weighted by molar-refractivity contribution is 7.99. The van der Waals surface area contributed by atoms with Gasteiger partial charge >= 0.3 is 0 Å². The molecule has 1 aromatic heterocycles. The third-order valence-corrected chi connectivity index (χ3v) is 3.92. The number of hydrogen-bond donors (Lipinski definition) is 1. The van der Waals surface area contributed by atoms with Crippen molar-refractivity contribution >= 4 is 17.7 Å². The van der Waals surface area contributed by atoms with Crippen LogP contribution in [0.3, 0.4) is 0 Å². The number of methoxy groups -OCH3 is 1. The second-order valence-corrected chi connectivity index (χ2v) is 5.31. The zero-order chi connectivity index (χ0) is 15.9. The summed E-state index contributed by atoms with van der Waals surface area (Å²) in [6.07, 6.45) is 5.09. The summed E-state index contributed by atoms with van der Waals surface area (Å²) in [7, 11) is 3.48. The van der Waals surface area contributed by atoms with Crippen molar-refractivity contribution in [2.75, 3.05) is 19.4 Å². The molecule has 0 unspecified atom stereocenters. The highest BCUT2D eigenvalue weighted by Crippen LogP contribution is 2.24. The number of ether oxygens (including phenoxy) is 1. The number of nitrogens with one attached hydrogen (secondary N) is 1. The molecule has 6 nitrogen and oxygen atoms in total. The molecule has 22 heavy (non-hydrogen) atoms. The maximum atomic E-state index is 11.5. The Morgan fingerprint density at radius 2 is 2.14 bits per heavy atom. The molecular weight excluding hydrogens is 300 g/mol. The largest absolute Gasteiger partial charge is 0.497 e. The Labute approximate surface area is 133 Å². The summed E-state index contributed by atoms with van der Waals surface area (Å²) < 4.78 is 6.98. The molecule has 114 valence electrons. The van der Waals surface area contributed by atoms with Gasteiger partial charge in [-0.3, -0.25) is 4.79 Å². The molecule has 1 heterocycles. The van der Waals surface area contributed by atoms with Gasteiger partial charge < -0.3 is 14.6 Å². The van der Waals surface area contributed by atoms with Crippen LogP contribution >= 0.6 is 11.8 Å². The van der Waals surface area contributed by atoms with Gasteiger partial charge in [-0.2, -0.15) is 0 Å². The topological polar surface area (TPSA) is 69.0 Å². The van der Waals surface area contributed by atoms with Crippen LogP contribution in [0.1, 0.15) is 0 Å². The van der Waals surface area contributed by atoms with Crippen molar-refractivity contribution in [1.82, 2.24) is 20.1 Å². The van der Waals surface area contributed by atoms with E-state index >= 15 is 0 Å². The molecule has 2 aromatic rings. The van der Waals surface area contributed by atoms with Crippen LogP contribution in [0, 0.1) is 12.3 Å². The van der Waals surface area contributed by atoms with Gasteiger partial charge in [0.2, 0.25) is 5.91 Å². The number of aromatic nitrogens is 3. The van der Waals surface area contributed by atoms with E-state index in [2.05, 4.69) is 21.4 Å². The first-order valence-electron chi connectivity index (χ1n) is 6.52. The summed E-state index contributed by atoms with van der Waals surface area (Å²) in [5.41, 5.74) is 0.930. The molecule has 7 heteroatoms. The van der Waals surface area contributed by atoms with E-state index in [1.807, 2.05) is 35.9 Å². The third-order valence-electron chi connectivity index (χ3n) is 2.90. The molecule has 0 radical (unpaired) electrons. The van der Waals surface area contributed by atoms with Crippen molar-refractivity contribution < 1.29 is 9.53 Å². The van der Waals surface area contributed by atoms with Gasteiger partial charge in [-0.25, -0.2) is 0 Å². The lowest BCUT2D eigenvalue weighted by Crippen LogP contribution is -2.25. The minimum Gasteiger partial charge on any atom is -0.497 e. The van der Waals surface area contributed by atoms with E-state index < -0.39 is 0 Å². The van der Waals surface area contributed by atoms with Crippen molar-refractivity contribution in [3.05, 3.63) is 24.3 Å². The average molecular weight is 316 g/mol. The summed E-state index contributed by atoms with van der Waals surface area (Å²) in [4.78, 5) is 11.5. The molecule has 0 aliphatic heterocycles. The number of nitrogens with zero attached hydrogens (tertiary/aromatic N) is 3. The van der Waals surface area contributed by atoms with Crippen molar-refractivity contribution in [3.8, 4) is 29.5 Å². The van der Waals surface area contributed by atoms with Crippen molar-refractivity contribution in [2.45, 2.75) is 5.16 Å². The number of terminal acetylenes is 1. The summed E-state index contributed by atoms with van der Waals surface area (Å²) in [5.74, 6) is 3.99. The van der Waals surface area contributed by atoms with Crippen LogP contribution in [0.25, 0.3) is 11.4 Å². The fourth-order valence-corrected chi connectivity index (χ4v) is 2.50. The molecule has 1 amide bonds. The number of rotatable bonds is 6. The zero-order valence-electron chi connectivity index (χ0n) is 12.4. The summed E-state index contributed by atoms with van der Waals surface area (Å²) in [5, 5.41) is 11.6. The fraction of sp³-hybridized carbons (Fsp3) is 0.267. The van der Waals surface area contributed by atoms with Crippen LogP contribution in [0.15, 0.2) is 29.4 Å². The van der Waals surface area contributed by atoms with Gasteiger partial charge in [0.1, 0.15) is 5.75 Å². The zero-order valence-corrected chi connectivity index (χ0v) is 13.2. The predicted molar refractivity (Wildman–Crippen MR) is 85.6 cm³/mol. The quantitative estimate of drug-likeness (QED) is 0.643. The van der Waals surface area contributed by atoms with Crippen LogP contribution < -0.4 is 10.1 Å². The predicted octanol–water partition coefficient (Wildman–Crippen LogP) is 1.33. The Balaban J connectivity index is 2.05. The van der Waals surface area contributed by atoms with Crippen molar-refractivity contribution in [2.24, 2.45) is 7.05 Å². The molecule has 0 saturated carbocycles. The van der Waals surface area contributed by atoms with Crippen LogP contribution in [0.5, 0.6) is 5.75 Å². The molecule has 0 aliphatic carbocycles. The smallest absolute Gasteiger partial charge is 0.231 e. The lowest BCUT2D eigenvalue weighted by atomic mass is 10.2. The monoisotopic (exact) mass is 316 g/mol. The SMILES string of the molecule is C#CCNC(=O)CSc1nnc(-c2ccc(OC)cc2)n1C. The van der Waals surface area contributed by atoms with Crippen LogP contribution in [0.2, 0.25) is 0 Å². The molecule has 0 bridgehead atoms. The summed E-state index contributed by atoms with van der Waals surface area (Å²) in [6, 6.07) is 7.56. The highest BCUT2D eigenvalue weighted by atomic mass is 32.2. The van der Waals surface area contributed by atoms with Gasteiger partial charge in [-0.15, -0.1) is 16.6 Å². The van der Waals surface area contributed by atoms with E-state index in [0.29, 0.717) is 5.16 Å². The van der Waals surface area contributed by atoms with Gasteiger partial charge in [-0.05, 0) is 24.3 Å². The lowest BCUT2D eigenvalue weighted by Gasteiger charge is -2.05. The number of amides is 1. The Bertz CT molecular complexity index is 689. The summed E-state index contributed by atoms with van der Waals surface area (Å²) in [6.45, 7) is 0.231. The molecule has 0 saturated heterocycles. The first kappa shape index (κ1) is 15.9. The number of carbonyl (C=O) groups is 1. The Morgan fingerprint density at radius 1 is 1.41 bits per heavy atom. The van der Waals surface area contributed by atoms with Gasteiger partial charge in [0.05, 0.1) is 19.4 Å². The molecule has 1 N–H and O–H groups in total. The van der Waals surface area contributed by atoms with Gasteiger partial charge in [0, 0.05) is 12.6 Å². The molecule has 1 aromatic carbocycles. The number of thioether (sulfide) groups is 1. The number of hydrogen-bond acceptors (Lipinski definition) is 5. The van der Waals surface area contributed by atoms with E-state index in [1.54, 1.807) is 7.11 Å². The standard InChI is InChI=1S/C15H16N4O2S/c1-4-9-16-13(20)10-22-15-18-17-14(19(15)2)11-5-7-12(21-3)8-6-11/h1,5-8H,9-10H2,2-3H3,(H,16,20). The van der Waals surface area contributed by atoms with E-state index in [-0.39, 0.29) is 18.2 Å². The minimum atomic E-state index is -0.128. The number of benzene rings is 1. The van der Waals surface area contributed by atoms with E-state index in [9.17, 15) is 4.79 Å². The van der Waals surface area contributed by atoms with Crippen molar-refractivity contribution in [1.29, 1.82) is 0 Å². The lowest BCUT2D eigenvalue weighted by molar-refractivity contribution is -0.118. The van der Waals surface area contributed by atoms with Gasteiger partial charge in [0.25, 0.3) is 0 Å². The normalized spacial score (nSPS) is 10.0. The molecule has 2 rings (SSSR count). The average Bonchev–Trinajstić information content (AvgIpc) is 2.92. The van der Waals surface area contributed by atoms with E-state index in [1.165, 1.54) is 11.8 Å². The second-order valence-electron chi connectivity index (χ2n) is 4.36. The highest BCUT2D eigenvalue weighted by Gasteiger charge is 2.12. The maximum absolute atomic E-state index is 11.5. The first-order valence-corrected chi connectivity index (χ1v) is 7.51. The molecule has 0 atom stereocenters. The molecular formula is C15H16N4O2S. The maximum Gasteiger partial charge on any atom is 0.231 e. The fourth-order valence-electron chi connectivity index (χ4n) is 1.76. The van der Waals surface area contributed by atoms with E-state index in [0.717, 1.165) is 17.1 Å². The van der Waals surface area contributed by atoms with Crippen LogP contribution in [0.4, 0.5) is 0 Å². The van der Waals surface area contributed by atoms with E-state index in [4.69, 9.17) is 11.2 Å². The van der Waals surface area contributed by atoms with Crippen molar-refractivity contribution in [3.63, 3.8) is 0 Å².